The summed E-state index contributed by atoms with van der Waals surface area (Å²) in [5.74, 6) is 0.786. The molecule has 18 heavy (non-hydrogen) atoms. The highest BCUT2D eigenvalue weighted by atomic mass is 16.5. The third-order valence-electron chi connectivity index (χ3n) is 3.15. The Bertz CT molecular complexity index is 552. The smallest absolute Gasteiger partial charge is 0.257 e. The molecule has 1 aromatic carbocycles. The van der Waals surface area contributed by atoms with Crippen LogP contribution in [0, 0.1) is 0 Å². The molecule has 3 rings (SSSR count). The number of anilines is 1. The lowest BCUT2D eigenvalue weighted by molar-refractivity contribution is 0.269. The summed E-state index contributed by atoms with van der Waals surface area (Å²) in [6, 6.07) is 8.04. The van der Waals surface area contributed by atoms with Gasteiger partial charge in [0.05, 0.1) is 11.0 Å². The standard InChI is InChI=1S/C13H16N4O/c14-12-13(18-8-9-4-3-7-15-9)17-11-6-2-1-5-10(11)16-12/h1-2,5-6,9,15H,3-4,7-8H2,(H2,14,16). The number of aromatic nitrogens is 2. The van der Waals surface area contributed by atoms with Crippen molar-refractivity contribution < 1.29 is 4.74 Å². The first-order valence-corrected chi connectivity index (χ1v) is 6.21. The van der Waals surface area contributed by atoms with Crippen LogP contribution in [0.1, 0.15) is 12.8 Å². The van der Waals surface area contributed by atoms with Gasteiger partial charge in [0.2, 0.25) is 0 Å². The van der Waals surface area contributed by atoms with Crippen LogP contribution in [0.25, 0.3) is 11.0 Å². The third-order valence-corrected chi connectivity index (χ3v) is 3.15. The number of benzene rings is 1. The molecule has 2 heterocycles. The quantitative estimate of drug-likeness (QED) is 0.852. The molecule has 0 saturated carbocycles. The molecule has 0 radical (unpaired) electrons. The highest BCUT2D eigenvalue weighted by Crippen LogP contribution is 2.21. The van der Waals surface area contributed by atoms with Crippen molar-refractivity contribution in [1.82, 2.24) is 15.3 Å². The van der Waals surface area contributed by atoms with E-state index in [1.54, 1.807) is 0 Å². The number of nitrogens with one attached hydrogen (secondary N) is 1. The first-order valence-electron chi connectivity index (χ1n) is 6.21. The fourth-order valence-electron chi connectivity index (χ4n) is 2.18. The Morgan fingerprint density at radius 2 is 2.06 bits per heavy atom. The third kappa shape index (κ3) is 2.22. The maximum Gasteiger partial charge on any atom is 0.257 e. The van der Waals surface area contributed by atoms with Gasteiger partial charge < -0.3 is 15.8 Å². The second-order valence-corrected chi connectivity index (χ2v) is 4.51. The summed E-state index contributed by atoms with van der Waals surface area (Å²) < 4.78 is 5.67. The molecule has 1 aliphatic rings. The lowest BCUT2D eigenvalue weighted by Gasteiger charge is -2.12. The number of hydrogen-bond donors (Lipinski definition) is 2. The van der Waals surface area contributed by atoms with Gasteiger partial charge in [-0.1, -0.05) is 12.1 Å². The minimum atomic E-state index is 0.353. The maximum absolute atomic E-state index is 5.85. The van der Waals surface area contributed by atoms with Gasteiger partial charge in [0, 0.05) is 6.04 Å². The number of rotatable bonds is 3. The lowest BCUT2D eigenvalue weighted by atomic mass is 10.2. The van der Waals surface area contributed by atoms with Gasteiger partial charge in [-0.25, -0.2) is 9.97 Å². The zero-order chi connectivity index (χ0) is 12.4. The van der Waals surface area contributed by atoms with Crippen molar-refractivity contribution >= 4 is 16.9 Å². The topological polar surface area (TPSA) is 73.1 Å². The second kappa shape index (κ2) is 4.78. The van der Waals surface area contributed by atoms with E-state index < -0.39 is 0 Å². The van der Waals surface area contributed by atoms with Crippen LogP contribution in [-0.2, 0) is 0 Å². The summed E-state index contributed by atoms with van der Waals surface area (Å²) in [5, 5.41) is 3.37. The van der Waals surface area contributed by atoms with E-state index >= 15 is 0 Å². The van der Waals surface area contributed by atoms with E-state index in [2.05, 4.69) is 15.3 Å². The molecule has 2 aromatic rings. The zero-order valence-electron chi connectivity index (χ0n) is 10.1. The molecular weight excluding hydrogens is 228 g/mol. The summed E-state index contributed by atoms with van der Waals surface area (Å²) in [5.41, 5.74) is 7.45. The van der Waals surface area contributed by atoms with E-state index in [0.717, 1.165) is 24.0 Å². The number of fused-ring (bicyclic) bond motifs is 1. The molecule has 1 atom stereocenters. The highest BCUT2D eigenvalue weighted by Gasteiger charge is 2.16. The van der Waals surface area contributed by atoms with E-state index in [1.165, 1.54) is 6.42 Å². The molecule has 5 heteroatoms. The molecule has 1 aromatic heterocycles. The van der Waals surface area contributed by atoms with Crippen molar-refractivity contribution in [2.75, 3.05) is 18.9 Å². The predicted molar refractivity (Wildman–Crippen MR) is 70.5 cm³/mol. The van der Waals surface area contributed by atoms with Gasteiger partial charge in [0.25, 0.3) is 5.88 Å². The predicted octanol–water partition coefficient (Wildman–Crippen LogP) is 1.34. The Balaban J connectivity index is 1.80. The Hall–Kier alpha value is -1.88. The molecule has 0 spiro atoms. The van der Waals surface area contributed by atoms with Crippen molar-refractivity contribution in [2.45, 2.75) is 18.9 Å². The molecule has 5 nitrogen and oxygen atoms in total. The minimum Gasteiger partial charge on any atom is -0.473 e. The molecule has 94 valence electrons. The van der Waals surface area contributed by atoms with Crippen LogP contribution >= 0.6 is 0 Å². The normalized spacial score (nSPS) is 19.2. The van der Waals surface area contributed by atoms with Crippen LogP contribution in [0.4, 0.5) is 5.82 Å². The highest BCUT2D eigenvalue weighted by molar-refractivity contribution is 5.76. The fourth-order valence-corrected chi connectivity index (χ4v) is 2.18. The Morgan fingerprint density at radius 1 is 1.28 bits per heavy atom. The summed E-state index contributed by atoms with van der Waals surface area (Å²) in [7, 11) is 0. The number of nitrogens with zero attached hydrogens (tertiary/aromatic N) is 2. The second-order valence-electron chi connectivity index (χ2n) is 4.51. The number of nitrogen functional groups attached to an aromatic ring is 1. The van der Waals surface area contributed by atoms with Gasteiger partial charge >= 0.3 is 0 Å². The average molecular weight is 244 g/mol. The molecule has 0 aliphatic carbocycles. The first kappa shape index (κ1) is 11.2. The van der Waals surface area contributed by atoms with Crippen LogP contribution < -0.4 is 15.8 Å². The first-order chi connectivity index (χ1) is 8.83. The van der Waals surface area contributed by atoms with Crippen molar-refractivity contribution in [1.29, 1.82) is 0 Å². The number of ether oxygens (including phenoxy) is 1. The maximum atomic E-state index is 5.85. The SMILES string of the molecule is Nc1nc2ccccc2nc1OCC1CCCN1. The molecule has 1 saturated heterocycles. The van der Waals surface area contributed by atoms with Crippen LogP contribution in [0.3, 0.4) is 0 Å². The van der Waals surface area contributed by atoms with E-state index in [1.807, 2.05) is 24.3 Å². The number of para-hydroxylation sites is 2. The monoisotopic (exact) mass is 244 g/mol. The van der Waals surface area contributed by atoms with Crippen LogP contribution in [0.2, 0.25) is 0 Å². The van der Waals surface area contributed by atoms with Crippen molar-refractivity contribution in [2.24, 2.45) is 0 Å². The van der Waals surface area contributed by atoms with Gasteiger partial charge in [-0.05, 0) is 31.5 Å². The number of nitrogens with two attached hydrogens (primary N) is 1. The van der Waals surface area contributed by atoms with E-state index in [-0.39, 0.29) is 0 Å². The Morgan fingerprint density at radius 3 is 2.78 bits per heavy atom. The zero-order valence-corrected chi connectivity index (χ0v) is 10.1. The molecule has 0 bridgehead atoms. The van der Waals surface area contributed by atoms with Crippen molar-refractivity contribution in [3.05, 3.63) is 24.3 Å². The summed E-state index contributed by atoms with van der Waals surface area (Å²) >= 11 is 0. The fraction of sp³-hybridized carbons (Fsp3) is 0.385. The average Bonchev–Trinajstić information content (AvgIpc) is 2.89. The summed E-state index contributed by atoms with van der Waals surface area (Å²) in [4.78, 5) is 8.69. The molecule has 1 unspecified atom stereocenters. The lowest BCUT2D eigenvalue weighted by Crippen LogP contribution is -2.28. The van der Waals surface area contributed by atoms with E-state index in [4.69, 9.17) is 10.5 Å². The molecule has 3 N–H and O–H groups in total. The Kier molecular flexibility index (Phi) is 2.98. The van der Waals surface area contributed by atoms with Gasteiger partial charge in [-0.15, -0.1) is 0 Å². The minimum absolute atomic E-state index is 0.353. The van der Waals surface area contributed by atoms with Crippen LogP contribution in [0.15, 0.2) is 24.3 Å². The van der Waals surface area contributed by atoms with E-state index in [0.29, 0.717) is 24.3 Å². The van der Waals surface area contributed by atoms with Crippen LogP contribution in [0.5, 0.6) is 5.88 Å². The molecular formula is C13H16N4O. The summed E-state index contributed by atoms with van der Waals surface area (Å²) in [6.07, 6.45) is 2.34. The molecule has 1 aliphatic heterocycles. The molecule has 0 amide bonds. The van der Waals surface area contributed by atoms with Gasteiger partial charge in [-0.3, -0.25) is 0 Å². The van der Waals surface area contributed by atoms with Crippen LogP contribution in [-0.4, -0.2) is 29.2 Å². The van der Waals surface area contributed by atoms with Gasteiger partial charge in [0.15, 0.2) is 5.82 Å². The van der Waals surface area contributed by atoms with Gasteiger partial charge in [-0.2, -0.15) is 0 Å². The number of hydrogen-bond acceptors (Lipinski definition) is 5. The summed E-state index contributed by atoms with van der Waals surface area (Å²) in [6.45, 7) is 1.66. The van der Waals surface area contributed by atoms with Crippen molar-refractivity contribution in [3.8, 4) is 5.88 Å². The largest absolute Gasteiger partial charge is 0.473 e. The van der Waals surface area contributed by atoms with E-state index in [9.17, 15) is 0 Å². The van der Waals surface area contributed by atoms with Crippen molar-refractivity contribution in [3.63, 3.8) is 0 Å². The Labute approximate surface area is 105 Å². The van der Waals surface area contributed by atoms with Gasteiger partial charge in [0.1, 0.15) is 6.61 Å². The molecule has 1 fully saturated rings.